The lowest BCUT2D eigenvalue weighted by molar-refractivity contribution is -0.121. The summed E-state index contributed by atoms with van der Waals surface area (Å²) in [5, 5.41) is 8.51. The zero-order chi connectivity index (χ0) is 19.6. The largest absolute Gasteiger partial charge is 0.478 e. The van der Waals surface area contributed by atoms with Crippen LogP contribution in [0.2, 0.25) is 0 Å². The molecule has 8 heteroatoms. The van der Waals surface area contributed by atoms with Crippen LogP contribution in [0.15, 0.2) is 53.4 Å². The number of thioether (sulfide) groups is 1. The minimum Gasteiger partial charge on any atom is -0.478 e. The first-order valence-corrected chi connectivity index (χ1v) is 8.85. The van der Waals surface area contributed by atoms with Gasteiger partial charge in [-0.25, -0.2) is 14.5 Å². The van der Waals surface area contributed by atoms with Gasteiger partial charge in [0.25, 0.3) is 0 Å². The highest BCUT2D eigenvalue weighted by atomic mass is 32.2. The fourth-order valence-electron chi connectivity index (χ4n) is 2.80. The molecule has 1 fully saturated rings. The van der Waals surface area contributed by atoms with E-state index >= 15 is 0 Å². The van der Waals surface area contributed by atoms with Gasteiger partial charge in [0, 0.05) is 11.3 Å². The number of amides is 2. The zero-order valence-corrected chi connectivity index (χ0v) is 15.1. The molecule has 0 aliphatic carbocycles. The van der Waals surface area contributed by atoms with Gasteiger partial charge in [-0.1, -0.05) is 24.3 Å². The van der Waals surface area contributed by atoms with Crippen molar-refractivity contribution in [3.05, 3.63) is 59.7 Å². The smallest absolute Gasteiger partial charge is 0.339 e. The summed E-state index contributed by atoms with van der Waals surface area (Å²) >= 11 is 1.03. The number of imide groups is 1. The molecule has 0 spiro atoms. The minimum absolute atomic E-state index is 0.0659. The van der Waals surface area contributed by atoms with Crippen LogP contribution in [0.25, 0.3) is 0 Å². The number of anilines is 1. The number of rotatable bonds is 5. The number of aromatic carboxylic acids is 1. The molecule has 0 bridgehead atoms. The maximum atomic E-state index is 12.8. The molecule has 1 atom stereocenters. The first kappa shape index (κ1) is 18.7. The third kappa shape index (κ3) is 3.56. The summed E-state index contributed by atoms with van der Waals surface area (Å²) in [6.07, 6.45) is -0.0903. The van der Waals surface area contributed by atoms with Crippen LogP contribution in [-0.2, 0) is 14.3 Å². The summed E-state index contributed by atoms with van der Waals surface area (Å²) in [6.45, 7) is 0. The number of hydrogen-bond acceptors (Lipinski definition) is 6. The molecule has 27 heavy (non-hydrogen) atoms. The van der Waals surface area contributed by atoms with Gasteiger partial charge < -0.3 is 9.84 Å². The SMILES string of the molecule is COC(=O)c1ccccc1N1C(=O)C[C@H](Sc2ccccc2C(=O)O)C1=O. The number of benzene rings is 2. The van der Waals surface area contributed by atoms with E-state index in [1.54, 1.807) is 30.3 Å². The average Bonchev–Trinajstić information content (AvgIpc) is 2.94. The van der Waals surface area contributed by atoms with Crippen LogP contribution in [0.5, 0.6) is 0 Å². The van der Waals surface area contributed by atoms with Crippen molar-refractivity contribution in [1.82, 2.24) is 0 Å². The number of methoxy groups -OCH3 is 1. The van der Waals surface area contributed by atoms with Crippen LogP contribution < -0.4 is 4.90 Å². The molecule has 1 aliphatic rings. The standard InChI is InChI=1S/C19H15NO6S/c1-26-19(25)11-6-2-4-8-13(11)20-16(21)10-15(17(20)22)27-14-9-5-3-7-12(14)18(23)24/h2-9,15H,10H2,1H3,(H,23,24)/t15-/m0/s1. The molecular formula is C19H15NO6S. The summed E-state index contributed by atoms with van der Waals surface area (Å²) in [5.74, 6) is -2.72. The molecule has 138 valence electrons. The van der Waals surface area contributed by atoms with Crippen LogP contribution in [0.1, 0.15) is 27.1 Å². The summed E-state index contributed by atoms with van der Waals surface area (Å²) in [7, 11) is 1.22. The molecule has 1 saturated heterocycles. The highest BCUT2D eigenvalue weighted by Gasteiger charge is 2.41. The molecule has 1 heterocycles. The van der Waals surface area contributed by atoms with E-state index in [1.807, 2.05) is 0 Å². The minimum atomic E-state index is -1.11. The van der Waals surface area contributed by atoms with Crippen LogP contribution >= 0.6 is 11.8 Å². The van der Waals surface area contributed by atoms with Crippen molar-refractivity contribution >= 4 is 41.2 Å². The van der Waals surface area contributed by atoms with Crippen molar-refractivity contribution in [2.75, 3.05) is 12.0 Å². The Balaban J connectivity index is 1.91. The molecular weight excluding hydrogens is 370 g/mol. The number of esters is 1. The van der Waals surface area contributed by atoms with E-state index in [9.17, 15) is 24.3 Å². The van der Waals surface area contributed by atoms with Crippen LogP contribution in [0, 0.1) is 0 Å². The lowest BCUT2D eigenvalue weighted by Gasteiger charge is -2.18. The topological polar surface area (TPSA) is 101 Å². The molecule has 1 N–H and O–H groups in total. The Hall–Kier alpha value is -3.13. The molecule has 1 aliphatic heterocycles. The number of ether oxygens (including phenoxy) is 1. The number of carboxylic acid groups (broad SMARTS) is 1. The van der Waals surface area contributed by atoms with Crippen molar-refractivity contribution in [1.29, 1.82) is 0 Å². The quantitative estimate of drug-likeness (QED) is 0.623. The van der Waals surface area contributed by atoms with Gasteiger partial charge in [0.2, 0.25) is 11.8 Å². The number of hydrogen-bond donors (Lipinski definition) is 1. The molecule has 0 saturated carbocycles. The summed E-state index contributed by atoms with van der Waals surface area (Å²) < 4.78 is 4.71. The summed E-state index contributed by atoms with van der Waals surface area (Å²) in [6, 6.07) is 12.5. The van der Waals surface area contributed by atoms with Crippen molar-refractivity contribution < 1.29 is 29.0 Å². The highest BCUT2D eigenvalue weighted by Crippen LogP contribution is 2.36. The maximum absolute atomic E-state index is 12.8. The Bertz CT molecular complexity index is 941. The van der Waals surface area contributed by atoms with Crippen LogP contribution in [-0.4, -0.2) is 41.2 Å². The van der Waals surface area contributed by atoms with E-state index in [-0.39, 0.29) is 23.2 Å². The molecule has 0 radical (unpaired) electrons. The van der Waals surface area contributed by atoms with Crippen molar-refractivity contribution in [3.63, 3.8) is 0 Å². The fraction of sp³-hybridized carbons (Fsp3) is 0.158. The molecule has 2 aromatic carbocycles. The van der Waals surface area contributed by atoms with Crippen LogP contribution in [0.4, 0.5) is 5.69 Å². The van der Waals surface area contributed by atoms with E-state index < -0.39 is 29.0 Å². The van der Waals surface area contributed by atoms with Gasteiger partial charge in [0.1, 0.15) is 0 Å². The second-order valence-corrected chi connectivity index (χ2v) is 6.93. The maximum Gasteiger partial charge on any atom is 0.339 e. The predicted octanol–water partition coefficient (Wildman–Crippen LogP) is 2.60. The Morgan fingerprint density at radius 3 is 2.37 bits per heavy atom. The van der Waals surface area contributed by atoms with Crippen molar-refractivity contribution in [2.24, 2.45) is 0 Å². The van der Waals surface area contributed by atoms with Gasteiger partial charge >= 0.3 is 11.9 Å². The van der Waals surface area contributed by atoms with E-state index in [4.69, 9.17) is 4.74 Å². The summed E-state index contributed by atoms with van der Waals surface area (Å²) in [4.78, 5) is 50.0. The number of nitrogens with zero attached hydrogens (tertiary/aromatic N) is 1. The monoisotopic (exact) mass is 385 g/mol. The first-order chi connectivity index (χ1) is 12.9. The first-order valence-electron chi connectivity index (χ1n) is 7.97. The third-order valence-electron chi connectivity index (χ3n) is 4.04. The molecule has 2 amide bonds. The second-order valence-electron chi connectivity index (χ2n) is 5.69. The Morgan fingerprint density at radius 2 is 1.70 bits per heavy atom. The molecule has 2 aromatic rings. The van der Waals surface area contributed by atoms with Gasteiger partial charge in [0.05, 0.1) is 29.2 Å². The fourth-order valence-corrected chi connectivity index (χ4v) is 3.98. The Labute approximate surface area is 158 Å². The summed E-state index contributed by atoms with van der Waals surface area (Å²) in [5.41, 5.74) is 0.336. The number of para-hydroxylation sites is 1. The van der Waals surface area contributed by atoms with E-state index in [0.717, 1.165) is 16.7 Å². The van der Waals surface area contributed by atoms with Gasteiger partial charge in [-0.3, -0.25) is 9.59 Å². The van der Waals surface area contributed by atoms with Gasteiger partial charge in [-0.2, -0.15) is 0 Å². The van der Waals surface area contributed by atoms with Gasteiger partial charge in [-0.15, -0.1) is 11.8 Å². The zero-order valence-electron chi connectivity index (χ0n) is 14.2. The van der Waals surface area contributed by atoms with Crippen LogP contribution in [0.3, 0.4) is 0 Å². The highest BCUT2D eigenvalue weighted by molar-refractivity contribution is 8.00. The molecule has 3 rings (SSSR count). The van der Waals surface area contributed by atoms with E-state index in [0.29, 0.717) is 4.90 Å². The Morgan fingerprint density at radius 1 is 1.07 bits per heavy atom. The third-order valence-corrected chi connectivity index (χ3v) is 5.30. The van der Waals surface area contributed by atoms with Crippen molar-refractivity contribution in [2.45, 2.75) is 16.6 Å². The van der Waals surface area contributed by atoms with E-state index in [1.165, 1.54) is 25.3 Å². The average molecular weight is 385 g/mol. The number of carbonyl (C=O) groups excluding carboxylic acids is 3. The number of carbonyl (C=O) groups is 4. The predicted molar refractivity (Wildman–Crippen MR) is 97.9 cm³/mol. The number of carboxylic acids is 1. The Kier molecular flexibility index (Phi) is 5.27. The van der Waals surface area contributed by atoms with E-state index in [2.05, 4.69) is 0 Å². The normalized spacial score (nSPS) is 16.5. The molecule has 7 nitrogen and oxygen atoms in total. The van der Waals surface area contributed by atoms with Gasteiger partial charge in [0.15, 0.2) is 0 Å². The lowest BCUT2D eigenvalue weighted by atomic mass is 10.1. The van der Waals surface area contributed by atoms with Crippen molar-refractivity contribution in [3.8, 4) is 0 Å². The molecule has 0 aromatic heterocycles. The lowest BCUT2D eigenvalue weighted by Crippen LogP contribution is -2.32. The second kappa shape index (κ2) is 7.63. The van der Waals surface area contributed by atoms with Gasteiger partial charge in [-0.05, 0) is 24.3 Å². The molecule has 0 unspecified atom stereocenters.